The second-order valence-corrected chi connectivity index (χ2v) is 6.86. The van der Waals surface area contributed by atoms with Crippen molar-refractivity contribution in [3.8, 4) is 0 Å². The molecular weight excluding hydrogens is 338 g/mol. The Labute approximate surface area is 150 Å². The highest BCUT2D eigenvalue weighted by Gasteiger charge is 2.36. The van der Waals surface area contributed by atoms with E-state index in [0.717, 1.165) is 5.82 Å². The van der Waals surface area contributed by atoms with Gasteiger partial charge in [-0.25, -0.2) is 4.79 Å². The lowest BCUT2D eigenvalue weighted by Gasteiger charge is -2.34. The van der Waals surface area contributed by atoms with E-state index in [9.17, 15) is 14.7 Å². The van der Waals surface area contributed by atoms with Crippen molar-refractivity contribution in [2.24, 2.45) is 5.92 Å². The third-order valence-corrected chi connectivity index (χ3v) is 4.87. The molecule has 3 heterocycles. The molecular formula is C16H23N7O3. The zero-order valence-electron chi connectivity index (χ0n) is 14.9. The number of amides is 1. The topological polar surface area (TPSA) is 126 Å². The number of carboxylic acid groups (broad SMARTS) is 1. The molecule has 0 radical (unpaired) electrons. The van der Waals surface area contributed by atoms with Gasteiger partial charge in [0.15, 0.2) is 11.5 Å². The van der Waals surface area contributed by atoms with Gasteiger partial charge in [-0.05, 0) is 48.7 Å². The van der Waals surface area contributed by atoms with Crippen LogP contribution in [0.5, 0.6) is 0 Å². The van der Waals surface area contributed by atoms with E-state index in [2.05, 4.69) is 30.8 Å². The summed E-state index contributed by atoms with van der Waals surface area (Å²) in [6.07, 6.45) is 2.38. The fourth-order valence-corrected chi connectivity index (χ4v) is 3.28. The van der Waals surface area contributed by atoms with Crippen molar-refractivity contribution in [2.75, 3.05) is 18.0 Å². The summed E-state index contributed by atoms with van der Waals surface area (Å²) < 4.78 is 1.37. The molecule has 0 saturated carbocycles. The molecule has 0 aromatic carbocycles. The maximum Gasteiger partial charge on any atom is 0.329 e. The predicted octanol–water partition coefficient (Wildman–Crippen LogP) is 0.495. The van der Waals surface area contributed by atoms with Gasteiger partial charge in [0, 0.05) is 19.0 Å². The number of hydrogen-bond donors (Lipinski definition) is 2. The lowest BCUT2D eigenvalue weighted by Crippen LogP contribution is -2.54. The van der Waals surface area contributed by atoms with Crippen LogP contribution < -0.4 is 10.2 Å². The second kappa shape index (κ2) is 7.22. The molecule has 2 N–H and O–H groups in total. The minimum absolute atomic E-state index is 0.188. The number of hydrogen-bond acceptors (Lipinski definition) is 7. The van der Waals surface area contributed by atoms with Gasteiger partial charge in [-0.15, -0.1) is 14.8 Å². The number of fused-ring (bicyclic) bond motifs is 1. The molecule has 10 nitrogen and oxygen atoms in total. The zero-order chi connectivity index (χ0) is 18.7. The summed E-state index contributed by atoms with van der Waals surface area (Å²) in [5.74, 6) is -0.625. The number of carbonyl (C=O) groups is 2. The van der Waals surface area contributed by atoms with Crippen LogP contribution in [0.25, 0.3) is 5.65 Å². The number of nitrogens with one attached hydrogen (secondary N) is 1. The molecule has 0 bridgehead atoms. The largest absolute Gasteiger partial charge is 0.480 e. The van der Waals surface area contributed by atoms with Crippen molar-refractivity contribution in [1.82, 2.24) is 30.6 Å². The Morgan fingerprint density at radius 1 is 1.35 bits per heavy atom. The van der Waals surface area contributed by atoms with E-state index >= 15 is 0 Å². The van der Waals surface area contributed by atoms with E-state index < -0.39 is 11.5 Å². The van der Waals surface area contributed by atoms with Gasteiger partial charge in [-0.3, -0.25) is 4.79 Å². The molecule has 26 heavy (non-hydrogen) atoms. The number of carboxylic acids is 1. The number of tetrazole rings is 1. The van der Waals surface area contributed by atoms with E-state index in [0.29, 0.717) is 44.4 Å². The summed E-state index contributed by atoms with van der Waals surface area (Å²) in [5.41, 5.74) is -0.637. The molecule has 0 spiro atoms. The van der Waals surface area contributed by atoms with Crippen molar-refractivity contribution >= 4 is 23.3 Å². The van der Waals surface area contributed by atoms with E-state index in [-0.39, 0.29) is 11.8 Å². The zero-order valence-corrected chi connectivity index (χ0v) is 14.9. The van der Waals surface area contributed by atoms with Gasteiger partial charge in [0.1, 0.15) is 5.54 Å². The van der Waals surface area contributed by atoms with Crippen LogP contribution in [0.15, 0.2) is 12.1 Å². The molecule has 1 atom stereocenters. The quantitative estimate of drug-likeness (QED) is 0.761. The van der Waals surface area contributed by atoms with Crippen LogP contribution in [-0.4, -0.2) is 60.9 Å². The van der Waals surface area contributed by atoms with Gasteiger partial charge in [-0.2, -0.15) is 0 Å². The number of aliphatic carboxylic acids is 1. The number of aromatic nitrogens is 5. The molecule has 1 aliphatic heterocycles. The van der Waals surface area contributed by atoms with Gasteiger partial charge in [0.05, 0.1) is 0 Å². The highest BCUT2D eigenvalue weighted by Crippen LogP contribution is 2.23. The molecule has 140 valence electrons. The Morgan fingerprint density at radius 3 is 2.73 bits per heavy atom. The number of anilines is 1. The average Bonchev–Trinajstić information content (AvgIpc) is 3.09. The molecule has 10 heteroatoms. The standard InChI is InChI=1S/C16H23N7O3/c1-3-8-16(2,15(25)26)17-14(24)11-6-9-22(10-7-11)13-5-4-12-18-20-21-23(12)19-13/h4-5,11H,3,6-10H2,1-2H3,(H,17,24)(H,25,26). The first-order chi connectivity index (χ1) is 12.4. The molecule has 2 aromatic heterocycles. The van der Waals surface area contributed by atoms with Crippen molar-refractivity contribution in [2.45, 2.75) is 45.1 Å². The first-order valence-corrected chi connectivity index (χ1v) is 8.79. The van der Waals surface area contributed by atoms with Crippen molar-refractivity contribution in [3.63, 3.8) is 0 Å². The highest BCUT2D eigenvalue weighted by molar-refractivity contribution is 5.87. The lowest BCUT2D eigenvalue weighted by molar-refractivity contribution is -0.148. The first-order valence-electron chi connectivity index (χ1n) is 8.79. The lowest BCUT2D eigenvalue weighted by atomic mass is 9.91. The molecule has 1 unspecified atom stereocenters. The Morgan fingerprint density at radius 2 is 2.08 bits per heavy atom. The minimum Gasteiger partial charge on any atom is -0.480 e. The van der Waals surface area contributed by atoms with Crippen LogP contribution >= 0.6 is 0 Å². The molecule has 0 aliphatic carbocycles. The molecule has 1 fully saturated rings. The maximum atomic E-state index is 12.5. The van der Waals surface area contributed by atoms with E-state index in [4.69, 9.17) is 0 Å². The number of nitrogens with zero attached hydrogens (tertiary/aromatic N) is 6. The number of rotatable bonds is 6. The van der Waals surface area contributed by atoms with Gasteiger partial charge in [0.2, 0.25) is 5.91 Å². The molecule has 1 saturated heterocycles. The van der Waals surface area contributed by atoms with E-state index in [1.807, 2.05) is 13.0 Å². The Hall–Kier alpha value is -2.78. The van der Waals surface area contributed by atoms with E-state index in [1.165, 1.54) is 4.63 Å². The Balaban J connectivity index is 1.60. The summed E-state index contributed by atoms with van der Waals surface area (Å²) in [6, 6.07) is 3.65. The van der Waals surface area contributed by atoms with Crippen LogP contribution in [-0.2, 0) is 9.59 Å². The normalized spacial score (nSPS) is 17.8. The minimum atomic E-state index is -1.21. The van der Waals surface area contributed by atoms with Crippen molar-refractivity contribution < 1.29 is 14.7 Å². The van der Waals surface area contributed by atoms with Crippen molar-refractivity contribution in [3.05, 3.63) is 12.1 Å². The maximum absolute atomic E-state index is 12.5. The summed E-state index contributed by atoms with van der Waals surface area (Å²) >= 11 is 0. The molecule has 1 amide bonds. The van der Waals surface area contributed by atoms with Crippen LogP contribution in [0.1, 0.15) is 39.5 Å². The monoisotopic (exact) mass is 361 g/mol. The van der Waals surface area contributed by atoms with Gasteiger partial charge in [-0.1, -0.05) is 13.3 Å². The third-order valence-electron chi connectivity index (χ3n) is 4.87. The average molecular weight is 361 g/mol. The van der Waals surface area contributed by atoms with Crippen LogP contribution in [0.2, 0.25) is 0 Å². The number of piperidine rings is 1. The Bertz CT molecular complexity index is 800. The number of carbonyl (C=O) groups excluding carboxylic acids is 1. The Kier molecular flexibility index (Phi) is 5.01. The molecule has 2 aromatic rings. The predicted molar refractivity (Wildman–Crippen MR) is 92.6 cm³/mol. The fraction of sp³-hybridized carbons (Fsp3) is 0.625. The van der Waals surface area contributed by atoms with Crippen LogP contribution in [0.3, 0.4) is 0 Å². The van der Waals surface area contributed by atoms with Gasteiger partial charge >= 0.3 is 5.97 Å². The second-order valence-electron chi connectivity index (χ2n) is 6.86. The van der Waals surface area contributed by atoms with Crippen LogP contribution in [0.4, 0.5) is 5.82 Å². The van der Waals surface area contributed by atoms with Gasteiger partial charge < -0.3 is 15.3 Å². The SMILES string of the molecule is CCCC(C)(NC(=O)C1CCN(c2ccc3nnnn3n2)CC1)C(=O)O. The molecule has 1 aliphatic rings. The molecule has 3 rings (SSSR count). The fourth-order valence-electron chi connectivity index (χ4n) is 3.28. The smallest absolute Gasteiger partial charge is 0.329 e. The summed E-state index contributed by atoms with van der Waals surface area (Å²) in [5, 5.41) is 27.7. The van der Waals surface area contributed by atoms with Crippen molar-refractivity contribution in [1.29, 1.82) is 0 Å². The third kappa shape index (κ3) is 3.58. The summed E-state index contributed by atoms with van der Waals surface area (Å²) in [7, 11) is 0. The summed E-state index contributed by atoms with van der Waals surface area (Å²) in [6.45, 7) is 4.80. The van der Waals surface area contributed by atoms with Crippen LogP contribution in [0, 0.1) is 5.92 Å². The first kappa shape index (κ1) is 18.0. The summed E-state index contributed by atoms with van der Waals surface area (Å²) in [4.78, 5) is 26.1. The van der Waals surface area contributed by atoms with E-state index in [1.54, 1.807) is 13.0 Å². The van der Waals surface area contributed by atoms with Gasteiger partial charge in [0.25, 0.3) is 0 Å². The highest BCUT2D eigenvalue weighted by atomic mass is 16.4.